The van der Waals surface area contributed by atoms with Crippen LogP contribution in [-0.2, 0) is 14.3 Å². The summed E-state index contributed by atoms with van der Waals surface area (Å²) < 4.78 is 22.1. The van der Waals surface area contributed by atoms with E-state index < -0.39 is 5.25 Å². The van der Waals surface area contributed by atoms with Crippen LogP contribution in [0, 0.1) is 0 Å². The summed E-state index contributed by atoms with van der Waals surface area (Å²) >= 11 is 1.29. The molecule has 2 saturated heterocycles. The lowest BCUT2D eigenvalue weighted by Crippen LogP contribution is -2.38. The van der Waals surface area contributed by atoms with Crippen LogP contribution in [0.5, 0.6) is 17.2 Å². The number of benzene rings is 2. The van der Waals surface area contributed by atoms with Gasteiger partial charge in [0.1, 0.15) is 28.2 Å². The Morgan fingerprint density at radius 3 is 2.75 bits per heavy atom. The number of rotatable bonds is 10. The number of hydrogen-bond acceptors (Lipinski definition) is 8. The molecule has 4 rings (SSSR count). The first-order valence-electron chi connectivity index (χ1n) is 11.9. The quantitative estimate of drug-likeness (QED) is 0.507. The van der Waals surface area contributed by atoms with Crippen LogP contribution in [0.25, 0.3) is 0 Å². The number of hydrogen-bond donors (Lipinski definition) is 1. The molecule has 2 fully saturated rings. The average molecular weight is 514 g/mol. The zero-order chi connectivity index (χ0) is 25.5. The molecule has 36 heavy (non-hydrogen) atoms. The number of nitrogens with zero attached hydrogens (tertiary/aromatic N) is 2. The first-order chi connectivity index (χ1) is 17.5. The molecule has 2 amide bonds. The molecule has 2 aliphatic rings. The molecule has 2 aliphatic heterocycles. The highest BCUT2D eigenvalue weighted by Gasteiger charge is 2.41. The Kier molecular flexibility index (Phi) is 8.71. The molecule has 0 bridgehead atoms. The molecular weight excluding hydrogens is 482 g/mol. The Morgan fingerprint density at radius 1 is 1.19 bits per heavy atom. The van der Waals surface area contributed by atoms with Gasteiger partial charge in [0, 0.05) is 19.1 Å². The number of amides is 2. The van der Waals surface area contributed by atoms with E-state index in [0.29, 0.717) is 53.5 Å². The summed E-state index contributed by atoms with van der Waals surface area (Å²) in [6, 6.07) is 12.6. The topological polar surface area (TPSA) is 98.7 Å². The maximum absolute atomic E-state index is 13.4. The lowest BCUT2D eigenvalue weighted by Gasteiger charge is -2.20. The largest absolute Gasteiger partial charge is 0.497 e. The van der Waals surface area contributed by atoms with E-state index in [4.69, 9.17) is 23.9 Å². The van der Waals surface area contributed by atoms with E-state index in [1.165, 1.54) is 18.9 Å². The number of amidine groups is 1. The molecule has 192 valence electrons. The van der Waals surface area contributed by atoms with Gasteiger partial charge in [0.05, 0.1) is 39.2 Å². The van der Waals surface area contributed by atoms with E-state index in [2.05, 4.69) is 5.32 Å². The van der Waals surface area contributed by atoms with Gasteiger partial charge in [0.15, 0.2) is 5.17 Å². The van der Waals surface area contributed by atoms with E-state index in [9.17, 15) is 9.59 Å². The minimum Gasteiger partial charge on any atom is -0.497 e. The van der Waals surface area contributed by atoms with E-state index in [-0.39, 0.29) is 24.3 Å². The maximum Gasteiger partial charge on any atom is 0.242 e. The Labute approximate surface area is 215 Å². The first-order valence-corrected chi connectivity index (χ1v) is 12.8. The van der Waals surface area contributed by atoms with Crippen LogP contribution in [-0.4, -0.2) is 67.2 Å². The first kappa shape index (κ1) is 25.8. The van der Waals surface area contributed by atoms with Crippen LogP contribution >= 0.6 is 11.8 Å². The third-order valence-corrected chi connectivity index (χ3v) is 7.04. The predicted octanol–water partition coefficient (Wildman–Crippen LogP) is 4.24. The Balaban J connectivity index is 1.54. The predicted molar refractivity (Wildman–Crippen MR) is 140 cm³/mol. The number of methoxy groups -OCH3 is 2. The molecule has 0 aliphatic carbocycles. The van der Waals surface area contributed by atoms with E-state index >= 15 is 0 Å². The maximum atomic E-state index is 13.4. The van der Waals surface area contributed by atoms with Crippen LogP contribution in [0.15, 0.2) is 47.5 Å². The fourth-order valence-corrected chi connectivity index (χ4v) is 5.26. The SMILES string of the molecule is CCOc1ccccc1N=C1S[C@@H](CC(=O)Nc2cc(OC)ccc2OC)C(=O)N1C[C@H]1CCCO1. The monoisotopic (exact) mass is 513 g/mol. The van der Waals surface area contributed by atoms with Crippen LogP contribution in [0.1, 0.15) is 26.2 Å². The molecular formula is C26H31N3O6S. The fourth-order valence-electron chi connectivity index (χ4n) is 4.10. The number of anilines is 1. The highest BCUT2D eigenvalue weighted by atomic mass is 32.2. The summed E-state index contributed by atoms with van der Waals surface area (Å²) in [6.07, 6.45) is 1.79. The second kappa shape index (κ2) is 12.1. The van der Waals surface area contributed by atoms with E-state index in [1.807, 2.05) is 31.2 Å². The standard InChI is InChI=1S/C26H31N3O6S/c1-4-34-22-10-6-5-9-19(22)28-26-29(16-18-8-7-13-35-18)25(31)23(36-26)15-24(30)27-20-14-17(32-2)11-12-21(20)33-3/h5-6,9-12,14,18,23H,4,7-8,13,15-16H2,1-3H3,(H,27,30)/t18-,23+/m1/s1. The molecule has 0 unspecified atom stereocenters. The van der Waals surface area contributed by atoms with Gasteiger partial charge in [-0.3, -0.25) is 14.5 Å². The second-order valence-electron chi connectivity index (χ2n) is 8.30. The molecule has 9 nitrogen and oxygen atoms in total. The Bertz CT molecular complexity index is 1120. The number of ether oxygens (including phenoxy) is 4. The van der Waals surface area contributed by atoms with Crippen molar-refractivity contribution < 1.29 is 28.5 Å². The number of aliphatic imine (C=N–C) groups is 1. The molecule has 1 N–H and O–H groups in total. The molecule has 0 radical (unpaired) electrons. The van der Waals surface area contributed by atoms with Crippen molar-refractivity contribution in [2.24, 2.45) is 4.99 Å². The minimum absolute atomic E-state index is 0.0159. The van der Waals surface area contributed by atoms with Crippen LogP contribution in [0.2, 0.25) is 0 Å². The van der Waals surface area contributed by atoms with Gasteiger partial charge in [0.25, 0.3) is 0 Å². The van der Waals surface area contributed by atoms with Gasteiger partial charge in [-0.25, -0.2) is 4.99 Å². The minimum atomic E-state index is -0.610. The molecule has 10 heteroatoms. The number of para-hydroxylation sites is 2. The third-order valence-electron chi connectivity index (χ3n) is 5.86. The molecule has 0 aromatic heterocycles. The second-order valence-corrected chi connectivity index (χ2v) is 9.47. The summed E-state index contributed by atoms with van der Waals surface area (Å²) in [5, 5.41) is 2.78. The van der Waals surface area contributed by atoms with Crippen molar-refractivity contribution in [1.29, 1.82) is 0 Å². The van der Waals surface area contributed by atoms with Gasteiger partial charge in [-0.2, -0.15) is 0 Å². The molecule has 2 atom stereocenters. The molecule has 2 aromatic carbocycles. The van der Waals surface area contributed by atoms with Gasteiger partial charge in [-0.05, 0) is 44.0 Å². The van der Waals surface area contributed by atoms with Crippen LogP contribution in [0.4, 0.5) is 11.4 Å². The number of carbonyl (C=O) groups is 2. The summed E-state index contributed by atoms with van der Waals surface area (Å²) in [5.74, 6) is 1.27. The van der Waals surface area contributed by atoms with Gasteiger partial charge >= 0.3 is 0 Å². The zero-order valence-corrected chi connectivity index (χ0v) is 21.5. The number of thioether (sulfide) groups is 1. The van der Waals surface area contributed by atoms with Gasteiger partial charge in [0.2, 0.25) is 11.8 Å². The van der Waals surface area contributed by atoms with E-state index in [1.54, 1.807) is 30.2 Å². The van der Waals surface area contributed by atoms with Gasteiger partial charge in [-0.15, -0.1) is 0 Å². The van der Waals surface area contributed by atoms with Crippen molar-refractivity contribution >= 4 is 40.1 Å². The van der Waals surface area contributed by atoms with Crippen molar-refractivity contribution in [2.75, 3.05) is 39.3 Å². The zero-order valence-electron chi connectivity index (χ0n) is 20.7. The Morgan fingerprint density at radius 2 is 2.03 bits per heavy atom. The molecule has 0 saturated carbocycles. The van der Waals surface area contributed by atoms with Gasteiger partial charge < -0.3 is 24.3 Å². The highest BCUT2D eigenvalue weighted by Crippen LogP contribution is 2.36. The molecule has 2 aromatic rings. The van der Waals surface area contributed by atoms with Crippen molar-refractivity contribution in [2.45, 2.75) is 37.5 Å². The van der Waals surface area contributed by atoms with Crippen molar-refractivity contribution in [3.8, 4) is 17.2 Å². The smallest absolute Gasteiger partial charge is 0.242 e. The lowest BCUT2D eigenvalue weighted by molar-refractivity contribution is -0.129. The number of carbonyl (C=O) groups excluding carboxylic acids is 2. The van der Waals surface area contributed by atoms with Crippen molar-refractivity contribution in [3.05, 3.63) is 42.5 Å². The van der Waals surface area contributed by atoms with Crippen molar-refractivity contribution in [3.63, 3.8) is 0 Å². The van der Waals surface area contributed by atoms with E-state index in [0.717, 1.165) is 12.8 Å². The summed E-state index contributed by atoms with van der Waals surface area (Å²) in [7, 11) is 3.08. The molecule has 0 spiro atoms. The third kappa shape index (κ3) is 6.11. The average Bonchev–Trinajstić information content (AvgIpc) is 3.49. The summed E-state index contributed by atoms with van der Waals surface area (Å²) in [6.45, 7) is 3.51. The lowest BCUT2D eigenvalue weighted by atomic mass is 10.2. The summed E-state index contributed by atoms with van der Waals surface area (Å²) in [5.41, 5.74) is 1.12. The fraction of sp³-hybridized carbons (Fsp3) is 0.423. The summed E-state index contributed by atoms with van der Waals surface area (Å²) in [4.78, 5) is 32.8. The van der Waals surface area contributed by atoms with Crippen molar-refractivity contribution in [1.82, 2.24) is 4.90 Å². The Hall–Kier alpha value is -3.24. The molecule has 2 heterocycles. The van der Waals surface area contributed by atoms with Crippen LogP contribution in [0.3, 0.4) is 0 Å². The van der Waals surface area contributed by atoms with Gasteiger partial charge in [-0.1, -0.05) is 23.9 Å². The number of nitrogens with one attached hydrogen (secondary N) is 1. The van der Waals surface area contributed by atoms with Crippen LogP contribution < -0.4 is 19.5 Å². The highest BCUT2D eigenvalue weighted by molar-refractivity contribution is 8.15. The normalized spacial score (nSPS) is 20.6.